The molecule has 0 aromatic heterocycles. The number of hydrogen-bond donors (Lipinski definition) is 2. The molecule has 0 aliphatic rings. The van der Waals surface area contributed by atoms with Gasteiger partial charge in [0.1, 0.15) is 0 Å². The van der Waals surface area contributed by atoms with Gasteiger partial charge in [-0.3, -0.25) is 9.59 Å². The molecule has 0 radical (unpaired) electrons. The Morgan fingerprint density at radius 2 is 2.00 bits per heavy atom. The molecule has 1 unspecified atom stereocenters. The van der Waals surface area contributed by atoms with Crippen molar-refractivity contribution in [3.8, 4) is 0 Å². The van der Waals surface area contributed by atoms with Crippen molar-refractivity contribution in [2.75, 3.05) is 26.4 Å². The van der Waals surface area contributed by atoms with Gasteiger partial charge in [-0.05, 0) is 6.42 Å². The van der Waals surface area contributed by atoms with E-state index < -0.39 is 5.97 Å². The van der Waals surface area contributed by atoms with Gasteiger partial charge in [0.2, 0.25) is 6.41 Å². The summed E-state index contributed by atoms with van der Waals surface area (Å²) in [7, 11) is 0. The van der Waals surface area contributed by atoms with Crippen molar-refractivity contribution in [3.63, 3.8) is 0 Å². The molecule has 0 saturated heterocycles. The number of aliphatic carboxylic acids is 1. The summed E-state index contributed by atoms with van der Waals surface area (Å²) in [6.45, 7) is 3.40. The van der Waals surface area contributed by atoms with Crippen molar-refractivity contribution >= 4 is 12.4 Å². The molecule has 0 heterocycles. The molecule has 16 heavy (non-hydrogen) atoms. The quantitative estimate of drug-likeness (QED) is 0.388. The van der Waals surface area contributed by atoms with Crippen LogP contribution in [0.1, 0.15) is 19.8 Å². The van der Waals surface area contributed by atoms with Gasteiger partial charge in [-0.15, -0.1) is 0 Å². The summed E-state index contributed by atoms with van der Waals surface area (Å²) in [6, 6.07) is -0.224. The third-order valence-corrected chi connectivity index (χ3v) is 1.75. The Labute approximate surface area is 94.9 Å². The van der Waals surface area contributed by atoms with Crippen LogP contribution >= 0.6 is 0 Å². The molecule has 94 valence electrons. The average Bonchev–Trinajstić information content (AvgIpc) is 2.24. The second kappa shape index (κ2) is 10.4. The van der Waals surface area contributed by atoms with Crippen LogP contribution in [0.2, 0.25) is 0 Å². The molecule has 6 nitrogen and oxygen atoms in total. The van der Waals surface area contributed by atoms with E-state index in [1.807, 2.05) is 6.92 Å². The molecule has 6 heteroatoms. The van der Waals surface area contributed by atoms with Crippen LogP contribution in [0.25, 0.3) is 0 Å². The van der Waals surface area contributed by atoms with Gasteiger partial charge in [0.05, 0.1) is 32.3 Å². The number of carbonyl (C=O) groups excluding carboxylic acids is 1. The smallest absolute Gasteiger partial charge is 0.305 e. The lowest BCUT2D eigenvalue weighted by Gasteiger charge is -2.15. The Morgan fingerprint density at radius 1 is 1.38 bits per heavy atom. The third kappa shape index (κ3) is 9.42. The van der Waals surface area contributed by atoms with E-state index >= 15 is 0 Å². The molecule has 0 aromatic carbocycles. The molecule has 0 aromatic rings. The van der Waals surface area contributed by atoms with Gasteiger partial charge >= 0.3 is 5.97 Å². The number of carbonyl (C=O) groups is 2. The van der Waals surface area contributed by atoms with Gasteiger partial charge < -0.3 is 19.9 Å². The largest absolute Gasteiger partial charge is 0.481 e. The van der Waals surface area contributed by atoms with E-state index in [0.717, 1.165) is 6.42 Å². The number of rotatable bonds is 11. The summed E-state index contributed by atoms with van der Waals surface area (Å²) in [5.41, 5.74) is 0. The van der Waals surface area contributed by atoms with E-state index in [-0.39, 0.29) is 25.7 Å². The first-order valence-corrected chi connectivity index (χ1v) is 5.27. The topological polar surface area (TPSA) is 84.9 Å². The van der Waals surface area contributed by atoms with Gasteiger partial charge in [0.15, 0.2) is 0 Å². The summed E-state index contributed by atoms with van der Waals surface area (Å²) in [6.07, 6.45) is 1.46. The fraction of sp³-hybridized carbons (Fsp3) is 0.800. The van der Waals surface area contributed by atoms with E-state index in [0.29, 0.717) is 19.6 Å². The zero-order chi connectivity index (χ0) is 12.2. The van der Waals surface area contributed by atoms with E-state index in [1.165, 1.54) is 0 Å². The number of carboxylic acid groups (broad SMARTS) is 1. The number of carboxylic acids is 1. The van der Waals surface area contributed by atoms with Crippen molar-refractivity contribution in [2.24, 2.45) is 0 Å². The van der Waals surface area contributed by atoms with E-state index in [1.54, 1.807) is 0 Å². The summed E-state index contributed by atoms with van der Waals surface area (Å²) >= 11 is 0. The SMILES string of the molecule is CCCOCC(COCCC(=O)O)NC=O. The first-order valence-electron chi connectivity index (χ1n) is 5.27. The van der Waals surface area contributed by atoms with E-state index in [9.17, 15) is 9.59 Å². The summed E-state index contributed by atoms with van der Waals surface area (Å²) in [5.74, 6) is -0.901. The maximum Gasteiger partial charge on any atom is 0.305 e. The van der Waals surface area contributed by atoms with Crippen molar-refractivity contribution < 1.29 is 24.2 Å². The van der Waals surface area contributed by atoms with E-state index in [4.69, 9.17) is 14.6 Å². The molecule has 0 rings (SSSR count). The minimum absolute atomic E-state index is 0.0381. The van der Waals surface area contributed by atoms with Crippen LogP contribution in [-0.4, -0.2) is 50.0 Å². The lowest BCUT2D eigenvalue weighted by Crippen LogP contribution is -2.37. The Bertz CT molecular complexity index is 198. The van der Waals surface area contributed by atoms with Crippen LogP contribution in [0.4, 0.5) is 0 Å². The third-order valence-electron chi connectivity index (χ3n) is 1.75. The molecule has 1 atom stereocenters. The molecule has 0 aliphatic carbocycles. The van der Waals surface area contributed by atoms with Crippen molar-refractivity contribution in [3.05, 3.63) is 0 Å². The van der Waals surface area contributed by atoms with Gasteiger partial charge in [-0.1, -0.05) is 6.92 Å². The van der Waals surface area contributed by atoms with Crippen LogP contribution in [0.3, 0.4) is 0 Å². The first-order chi connectivity index (χ1) is 7.70. The Kier molecular flexibility index (Phi) is 9.64. The lowest BCUT2D eigenvalue weighted by atomic mass is 10.3. The molecule has 0 fully saturated rings. The highest BCUT2D eigenvalue weighted by atomic mass is 16.5. The highest BCUT2D eigenvalue weighted by molar-refractivity contribution is 5.66. The Morgan fingerprint density at radius 3 is 2.50 bits per heavy atom. The molecular weight excluding hydrogens is 214 g/mol. The van der Waals surface area contributed by atoms with Crippen LogP contribution in [0, 0.1) is 0 Å². The van der Waals surface area contributed by atoms with Crippen molar-refractivity contribution in [2.45, 2.75) is 25.8 Å². The van der Waals surface area contributed by atoms with Crippen molar-refractivity contribution in [1.29, 1.82) is 0 Å². The number of ether oxygens (including phenoxy) is 2. The minimum Gasteiger partial charge on any atom is -0.481 e. The Hall–Kier alpha value is -1.14. The first kappa shape index (κ1) is 14.9. The maximum absolute atomic E-state index is 10.3. The van der Waals surface area contributed by atoms with Crippen LogP contribution in [0.5, 0.6) is 0 Å². The van der Waals surface area contributed by atoms with Gasteiger partial charge in [0.25, 0.3) is 0 Å². The summed E-state index contributed by atoms with van der Waals surface area (Å²) in [5, 5.41) is 10.9. The summed E-state index contributed by atoms with van der Waals surface area (Å²) in [4.78, 5) is 20.5. The van der Waals surface area contributed by atoms with Crippen molar-refractivity contribution in [1.82, 2.24) is 5.32 Å². The fourth-order valence-electron chi connectivity index (χ4n) is 0.996. The van der Waals surface area contributed by atoms with Gasteiger partial charge in [-0.2, -0.15) is 0 Å². The molecule has 0 spiro atoms. The minimum atomic E-state index is -0.901. The van der Waals surface area contributed by atoms with Crippen LogP contribution < -0.4 is 5.32 Å². The predicted octanol–water partition coefficient (Wildman–Crippen LogP) is 0.0189. The highest BCUT2D eigenvalue weighted by Gasteiger charge is 2.08. The number of hydrogen-bond acceptors (Lipinski definition) is 4. The zero-order valence-electron chi connectivity index (χ0n) is 9.48. The van der Waals surface area contributed by atoms with Gasteiger partial charge in [0, 0.05) is 6.61 Å². The standard InChI is InChI=1S/C10H19NO5/c1-2-4-15-6-9(11-8-12)7-16-5-3-10(13)14/h8-9H,2-7H2,1H3,(H,11,12)(H,13,14). The van der Waals surface area contributed by atoms with Gasteiger partial charge in [-0.25, -0.2) is 0 Å². The number of nitrogens with one attached hydrogen (secondary N) is 1. The maximum atomic E-state index is 10.3. The monoisotopic (exact) mass is 233 g/mol. The molecular formula is C10H19NO5. The molecule has 0 bridgehead atoms. The average molecular weight is 233 g/mol. The summed E-state index contributed by atoms with van der Waals surface area (Å²) < 4.78 is 10.4. The number of amides is 1. The molecule has 1 amide bonds. The van der Waals surface area contributed by atoms with Crippen LogP contribution in [-0.2, 0) is 19.1 Å². The Balaban J connectivity index is 3.58. The normalized spacial score (nSPS) is 12.1. The predicted molar refractivity (Wildman–Crippen MR) is 57.2 cm³/mol. The fourth-order valence-corrected chi connectivity index (χ4v) is 0.996. The van der Waals surface area contributed by atoms with Crippen LogP contribution in [0.15, 0.2) is 0 Å². The lowest BCUT2D eigenvalue weighted by molar-refractivity contribution is -0.138. The highest BCUT2D eigenvalue weighted by Crippen LogP contribution is 1.91. The second-order valence-corrected chi connectivity index (χ2v) is 3.28. The molecule has 0 aliphatic heterocycles. The molecule has 0 saturated carbocycles. The zero-order valence-corrected chi connectivity index (χ0v) is 9.48. The molecule has 2 N–H and O–H groups in total. The second-order valence-electron chi connectivity index (χ2n) is 3.28. The van der Waals surface area contributed by atoms with E-state index in [2.05, 4.69) is 5.32 Å².